The summed E-state index contributed by atoms with van der Waals surface area (Å²) in [5.74, 6) is 0. The fraction of sp³-hybridized carbons (Fsp3) is 0.0690. The van der Waals surface area contributed by atoms with Crippen LogP contribution in [0, 0.1) is 0 Å². The number of fused-ring (bicyclic) bond motifs is 16. The Bertz CT molecular complexity index is 3420. The monoisotopic (exact) mass is 765 g/mol. The number of benzene rings is 9. The molecule has 13 rings (SSSR count). The van der Waals surface area contributed by atoms with Gasteiger partial charge in [0.2, 0.25) is 0 Å². The van der Waals surface area contributed by atoms with Crippen molar-refractivity contribution in [2.75, 3.05) is 4.90 Å². The maximum Gasteiger partial charge on any atom is 0.137 e. The Morgan fingerprint density at radius 2 is 0.933 bits per heavy atom. The van der Waals surface area contributed by atoms with Gasteiger partial charge in [0.1, 0.15) is 11.2 Å². The summed E-state index contributed by atoms with van der Waals surface area (Å²) in [4.78, 5) is 2.53. The van der Waals surface area contributed by atoms with Crippen molar-refractivity contribution < 1.29 is 4.42 Å². The third-order valence-corrected chi connectivity index (χ3v) is 13.9. The molecule has 2 heteroatoms. The van der Waals surface area contributed by atoms with E-state index in [0.29, 0.717) is 0 Å². The summed E-state index contributed by atoms with van der Waals surface area (Å²) < 4.78 is 6.59. The minimum atomic E-state index is -0.514. The first kappa shape index (κ1) is 33.5. The lowest BCUT2D eigenvalue weighted by molar-refractivity contribution is 0.660. The first-order chi connectivity index (χ1) is 29.5. The molecule has 3 aliphatic rings. The van der Waals surface area contributed by atoms with E-state index in [4.69, 9.17) is 4.42 Å². The predicted molar refractivity (Wildman–Crippen MR) is 248 cm³/mol. The van der Waals surface area contributed by atoms with E-state index in [0.717, 1.165) is 39.0 Å². The van der Waals surface area contributed by atoms with Crippen molar-refractivity contribution in [2.24, 2.45) is 0 Å². The Hall–Kier alpha value is -7.42. The van der Waals surface area contributed by atoms with Crippen LogP contribution in [0.1, 0.15) is 47.2 Å². The van der Waals surface area contributed by atoms with Crippen molar-refractivity contribution in [1.29, 1.82) is 0 Å². The van der Waals surface area contributed by atoms with Crippen molar-refractivity contribution in [3.8, 4) is 44.5 Å². The fourth-order valence-corrected chi connectivity index (χ4v) is 11.4. The molecule has 0 radical (unpaired) electrons. The maximum absolute atomic E-state index is 6.59. The van der Waals surface area contributed by atoms with E-state index in [2.05, 4.69) is 219 Å². The first-order valence-electron chi connectivity index (χ1n) is 21.0. The van der Waals surface area contributed by atoms with Crippen LogP contribution in [0.2, 0.25) is 0 Å². The predicted octanol–water partition coefficient (Wildman–Crippen LogP) is 15.4. The number of rotatable bonds is 4. The Labute approximate surface area is 349 Å². The number of nitrogens with zero attached hydrogens (tertiary/aromatic N) is 1. The van der Waals surface area contributed by atoms with Crippen LogP contribution in [-0.4, -0.2) is 0 Å². The van der Waals surface area contributed by atoms with Crippen LogP contribution < -0.4 is 4.90 Å². The lowest BCUT2D eigenvalue weighted by atomic mass is 9.70. The molecule has 1 atom stereocenters. The van der Waals surface area contributed by atoms with Crippen molar-refractivity contribution in [3.05, 3.63) is 234 Å². The van der Waals surface area contributed by atoms with E-state index < -0.39 is 5.41 Å². The van der Waals surface area contributed by atoms with Gasteiger partial charge in [-0.3, -0.25) is 0 Å². The molecular formula is C58H39NO. The zero-order valence-corrected chi connectivity index (χ0v) is 33.4. The van der Waals surface area contributed by atoms with E-state index in [-0.39, 0.29) is 5.41 Å². The highest BCUT2D eigenvalue weighted by Gasteiger charge is 2.53. The second-order valence-electron chi connectivity index (χ2n) is 17.1. The van der Waals surface area contributed by atoms with Gasteiger partial charge in [-0.1, -0.05) is 178 Å². The van der Waals surface area contributed by atoms with Crippen molar-refractivity contribution in [1.82, 2.24) is 0 Å². The molecule has 1 spiro atoms. The van der Waals surface area contributed by atoms with Crippen molar-refractivity contribution in [2.45, 2.75) is 24.7 Å². The molecule has 1 unspecified atom stereocenters. The number of para-hydroxylation sites is 1. The second-order valence-corrected chi connectivity index (χ2v) is 17.1. The van der Waals surface area contributed by atoms with E-state index in [1.165, 1.54) is 77.9 Å². The van der Waals surface area contributed by atoms with E-state index >= 15 is 0 Å². The standard InChI is InChI=1S/C58H39NO/c1-57(2)44-24-10-6-19-39(44)40-34-33-37(35-49(40)57)59(51-30-16-32-53-56(51)43-22-9-13-31-52(43)60-53)50-29-15-28-48-55(50)42-21-8-12-26-46(42)58(48)45-25-11-7-20-41(45)54-38(23-14-27-47(54)58)36-17-4-3-5-18-36/h3-35H,1-2H3. The average molecular weight is 766 g/mol. The molecule has 3 aliphatic carbocycles. The largest absolute Gasteiger partial charge is 0.456 e. The van der Waals surface area contributed by atoms with Gasteiger partial charge in [0.15, 0.2) is 0 Å². The molecule has 0 amide bonds. The summed E-state index contributed by atoms with van der Waals surface area (Å²) in [6.45, 7) is 4.74. The zero-order valence-electron chi connectivity index (χ0n) is 33.4. The Morgan fingerprint density at radius 3 is 1.73 bits per heavy atom. The van der Waals surface area contributed by atoms with Crippen LogP contribution in [-0.2, 0) is 10.8 Å². The minimum absolute atomic E-state index is 0.162. The van der Waals surface area contributed by atoms with Crippen LogP contribution in [0.3, 0.4) is 0 Å². The van der Waals surface area contributed by atoms with Crippen LogP contribution >= 0.6 is 0 Å². The van der Waals surface area contributed by atoms with Crippen LogP contribution in [0.4, 0.5) is 17.1 Å². The third-order valence-electron chi connectivity index (χ3n) is 13.9. The van der Waals surface area contributed by atoms with E-state index in [9.17, 15) is 0 Å². The topological polar surface area (TPSA) is 16.4 Å². The van der Waals surface area contributed by atoms with Gasteiger partial charge < -0.3 is 9.32 Å². The van der Waals surface area contributed by atoms with Crippen molar-refractivity contribution >= 4 is 39.0 Å². The summed E-state index contributed by atoms with van der Waals surface area (Å²) in [5, 5.41) is 2.22. The SMILES string of the molecule is CC1(C)c2ccccc2-c2ccc(N(c3cccc4c3-c3ccccc3C43c4ccccc4-c4c(-c5ccccc5)cccc43)c3cccc4oc5ccccc5c34)cc21. The molecule has 0 saturated carbocycles. The summed E-state index contributed by atoms with van der Waals surface area (Å²) in [6.07, 6.45) is 0. The lowest BCUT2D eigenvalue weighted by Crippen LogP contribution is -2.26. The first-order valence-corrected chi connectivity index (χ1v) is 21.0. The molecule has 10 aromatic rings. The molecule has 0 aliphatic heterocycles. The Morgan fingerprint density at radius 1 is 0.383 bits per heavy atom. The molecule has 0 bridgehead atoms. The highest BCUT2D eigenvalue weighted by atomic mass is 16.3. The molecule has 282 valence electrons. The molecule has 0 saturated heterocycles. The van der Waals surface area contributed by atoms with Crippen molar-refractivity contribution in [3.63, 3.8) is 0 Å². The van der Waals surface area contributed by atoms with Gasteiger partial charge in [-0.25, -0.2) is 0 Å². The van der Waals surface area contributed by atoms with E-state index in [1.54, 1.807) is 0 Å². The number of furan rings is 1. The van der Waals surface area contributed by atoms with Gasteiger partial charge in [0, 0.05) is 22.1 Å². The lowest BCUT2D eigenvalue weighted by Gasteiger charge is -2.32. The van der Waals surface area contributed by atoms with E-state index in [1.807, 2.05) is 0 Å². The summed E-state index contributed by atoms with van der Waals surface area (Å²) >= 11 is 0. The van der Waals surface area contributed by atoms with Gasteiger partial charge in [0.05, 0.1) is 22.2 Å². The molecule has 60 heavy (non-hydrogen) atoms. The molecule has 1 heterocycles. The molecule has 1 aromatic heterocycles. The highest BCUT2D eigenvalue weighted by molar-refractivity contribution is 6.14. The number of anilines is 3. The fourth-order valence-electron chi connectivity index (χ4n) is 11.4. The van der Waals surface area contributed by atoms with Gasteiger partial charge >= 0.3 is 0 Å². The molecule has 2 nitrogen and oxygen atoms in total. The van der Waals surface area contributed by atoms with Crippen LogP contribution in [0.25, 0.3) is 66.4 Å². The Balaban J connectivity index is 1.14. The third kappa shape index (κ3) is 4.22. The second kappa shape index (κ2) is 12.1. The maximum atomic E-state index is 6.59. The van der Waals surface area contributed by atoms with Gasteiger partial charge in [-0.2, -0.15) is 0 Å². The molecule has 0 fully saturated rings. The van der Waals surface area contributed by atoms with Gasteiger partial charge in [0.25, 0.3) is 0 Å². The quantitative estimate of drug-likeness (QED) is 0.177. The molecular weight excluding hydrogens is 727 g/mol. The zero-order chi connectivity index (χ0) is 39.7. The van der Waals surface area contributed by atoms with Gasteiger partial charge in [-0.15, -0.1) is 0 Å². The Kier molecular flexibility index (Phi) is 6.74. The highest BCUT2D eigenvalue weighted by Crippen LogP contribution is 2.66. The molecule has 0 N–H and O–H groups in total. The average Bonchev–Trinajstić information content (AvgIpc) is 4.00. The smallest absolute Gasteiger partial charge is 0.137 e. The minimum Gasteiger partial charge on any atom is -0.456 e. The van der Waals surface area contributed by atoms with Crippen LogP contribution in [0.15, 0.2) is 205 Å². The van der Waals surface area contributed by atoms with Crippen LogP contribution in [0.5, 0.6) is 0 Å². The summed E-state index contributed by atoms with van der Waals surface area (Å²) in [6, 6.07) is 74.2. The normalized spacial score (nSPS) is 16.0. The van der Waals surface area contributed by atoms with Gasteiger partial charge in [-0.05, 0) is 109 Å². The summed E-state index contributed by atoms with van der Waals surface area (Å²) in [5.41, 5.74) is 22.7. The molecule has 9 aromatic carbocycles. The summed E-state index contributed by atoms with van der Waals surface area (Å²) in [7, 11) is 0. The number of hydrogen-bond acceptors (Lipinski definition) is 2. The number of hydrogen-bond donors (Lipinski definition) is 0.